The summed E-state index contributed by atoms with van der Waals surface area (Å²) in [4.78, 5) is 31.6. The summed E-state index contributed by atoms with van der Waals surface area (Å²) < 4.78 is 0. The Morgan fingerprint density at radius 3 is 2.69 bits per heavy atom. The highest BCUT2D eigenvalue weighted by molar-refractivity contribution is 5.94. The minimum absolute atomic E-state index is 0.0989. The second-order valence-electron chi connectivity index (χ2n) is 7.40. The van der Waals surface area contributed by atoms with E-state index in [0.717, 1.165) is 38.0 Å². The number of nitrogens with one attached hydrogen (secondary N) is 2. The first-order chi connectivity index (χ1) is 14.2. The van der Waals surface area contributed by atoms with Gasteiger partial charge in [-0.3, -0.25) is 14.6 Å². The molecule has 2 aromatic rings. The predicted molar refractivity (Wildman–Crippen MR) is 113 cm³/mol. The number of carbonyl (C=O) groups excluding carboxylic acids is 2. The fourth-order valence-corrected chi connectivity index (χ4v) is 3.68. The third kappa shape index (κ3) is 6.68. The topological polar surface area (TPSA) is 74.3 Å². The molecular weight excluding hydrogens is 364 g/mol. The fraction of sp³-hybridized carbons (Fsp3) is 0.435. The Balaban J connectivity index is 1.53. The van der Waals surface area contributed by atoms with Crippen molar-refractivity contribution in [3.8, 4) is 0 Å². The normalized spacial score (nSPS) is 16.6. The van der Waals surface area contributed by atoms with Crippen LogP contribution < -0.4 is 10.6 Å². The van der Waals surface area contributed by atoms with E-state index >= 15 is 0 Å². The number of benzene rings is 1. The Morgan fingerprint density at radius 2 is 1.90 bits per heavy atom. The summed E-state index contributed by atoms with van der Waals surface area (Å²) >= 11 is 0. The Morgan fingerprint density at radius 1 is 1.07 bits per heavy atom. The van der Waals surface area contributed by atoms with Crippen LogP contribution in [0.5, 0.6) is 0 Å². The second-order valence-corrected chi connectivity index (χ2v) is 7.40. The van der Waals surface area contributed by atoms with Crippen molar-refractivity contribution in [1.29, 1.82) is 0 Å². The van der Waals surface area contributed by atoms with Crippen LogP contribution in [-0.4, -0.2) is 47.4 Å². The maximum atomic E-state index is 13.0. The van der Waals surface area contributed by atoms with Gasteiger partial charge < -0.3 is 15.5 Å². The highest BCUT2D eigenvalue weighted by Crippen LogP contribution is 2.18. The third-order valence-electron chi connectivity index (χ3n) is 5.25. The zero-order valence-corrected chi connectivity index (χ0v) is 16.8. The molecule has 2 N–H and O–H groups in total. The zero-order valence-electron chi connectivity index (χ0n) is 16.8. The lowest BCUT2D eigenvalue weighted by Gasteiger charge is -2.31. The van der Waals surface area contributed by atoms with Gasteiger partial charge in [-0.25, -0.2) is 0 Å². The average molecular weight is 395 g/mol. The van der Waals surface area contributed by atoms with Crippen LogP contribution in [0.3, 0.4) is 0 Å². The molecule has 3 rings (SSSR count). The van der Waals surface area contributed by atoms with Crippen LogP contribution in [0.4, 0.5) is 0 Å². The van der Waals surface area contributed by atoms with Crippen molar-refractivity contribution in [3.63, 3.8) is 0 Å². The van der Waals surface area contributed by atoms with E-state index < -0.39 is 0 Å². The van der Waals surface area contributed by atoms with E-state index in [-0.39, 0.29) is 17.9 Å². The molecule has 1 fully saturated rings. The van der Waals surface area contributed by atoms with E-state index in [1.54, 1.807) is 18.3 Å². The quantitative estimate of drug-likeness (QED) is 0.675. The number of pyridine rings is 1. The number of carbonyl (C=O) groups is 2. The van der Waals surface area contributed by atoms with Gasteiger partial charge in [0.15, 0.2) is 0 Å². The summed E-state index contributed by atoms with van der Waals surface area (Å²) in [7, 11) is 0. The first-order valence-electron chi connectivity index (χ1n) is 10.5. The molecule has 1 aliphatic heterocycles. The van der Waals surface area contributed by atoms with Gasteiger partial charge in [0.2, 0.25) is 5.91 Å². The lowest BCUT2D eigenvalue weighted by molar-refractivity contribution is -0.134. The molecule has 2 amide bonds. The highest BCUT2D eigenvalue weighted by atomic mass is 16.2. The van der Waals surface area contributed by atoms with Crippen LogP contribution in [0.1, 0.15) is 48.2 Å². The van der Waals surface area contributed by atoms with Crippen molar-refractivity contribution in [3.05, 3.63) is 66.0 Å². The number of rotatable bonds is 8. The maximum Gasteiger partial charge on any atom is 0.251 e. The summed E-state index contributed by atoms with van der Waals surface area (Å²) in [5.74, 6) is 0.0368. The van der Waals surface area contributed by atoms with E-state index in [1.807, 2.05) is 41.3 Å². The van der Waals surface area contributed by atoms with E-state index in [4.69, 9.17) is 0 Å². The molecule has 1 unspecified atom stereocenters. The van der Waals surface area contributed by atoms with Gasteiger partial charge in [-0.1, -0.05) is 24.3 Å². The van der Waals surface area contributed by atoms with Crippen molar-refractivity contribution in [2.45, 2.75) is 44.7 Å². The van der Waals surface area contributed by atoms with Crippen molar-refractivity contribution in [2.75, 3.05) is 19.6 Å². The van der Waals surface area contributed by atoms with Gasteiger partial charge >= 0.3 is 0 Å². The van der Waals surface area contributed by atoms with Crippen LogP contribution >= 0.6 is 0 Å². The van der Waals surface area contributed by atoms with E-state index in [2.05, 4.69) is 15.6 Å². The average Bonchev–Trinajstić information content (AvgIpc) is 3.05. The van der Waals surface area contributed by atoms with Crippen molar-refractivity contribution in [2.24, 2.45) is 0 Å². The van der Waals surface area contributed by atoms with Crippen molar-refractivity contribution in [1.82, 2.24) is 20.5 Å². The van der Waals surface area contributed by atoms with E-state index in [9.17, 15) is 9.59 Å². The highest BCUT2D eigenvalue weighted by Gasteiger charge is 2.24. The number of hydrogen-bond acceptors (Lipinski definition) is 4. The number of hydrogen-bond donors (Lipinski definition) is 2. The van der Waals surface area contributed by atoms with Gasteiger partial charge in [-0.15, -0.1) is 0 Å². The Bertz CT molecular complexity index is 759. The third-order valence-corrected chi connectivity index (χ3v) is 5.25. The molecule has 154 valence electrons. The van der Waals surface area contributed by atoms with Crippen LogP contribution in [0.15, 0.2) is 54.7 Å². The fourth-order valence-electron chi connectivity index (χ4n) is 3.68. The molecule has 6 nitrogen and oxygen atoms in total. The van der Waals surface area contributed by atoms with Crippen LogP contribution in [0.25, 0.3) is 0 Å². The van der Waals surface area contributed by atoms with Crippen LogP contribution in [0.2, 0.25) is 0 Å². The monoisotopic (exact) mass is 394 g/mol. The number of nitrogens with zero attached hydrogens (tertiary/aromatic N) is 2. The van der Waals surface area contributed by atoms with E-state index in [0.29, 0.717) is 31.5 Å². The molecule has 0 radical (unpaired) electrons. The standard InChI is InChI=1S/C23H30N4O2/c28-22(12-7-16-26-23(29)19-8-2-1-3-9-19)27(18-20-10-4-5-15-25-20)21-11-6-14-24-17-13-21/h1-5,8-10,15,21,24H,6-7,11-14,16-18H2,(H,26,29). The summed E-state index contributed by atoms with van der Waals surface area (Å²) in [6.07, 6.45) is 5.86. The molecule has 2 heterocycles. The molecule has 1 aromatic carbocycles. The zero-order chi connectivity index (χ0) is 20.3. The van der Waals surface area contributed by atoms with Gasteiger partial charge in [0.05, 0.1) is 12.2 Å². The minimum Gasteiger partial charge on any atom is -0.352 e. The molecular formula is C23H30N4O2. The number of aromatic nitrogens is 1. The van der Waals surface area contributed by atoms with Crippen LogP contribution in [-0.2, 0) is 11.3 Å². The lowest BCUT2D eigenvalue weighted by Crippen LogP contribution is -2.40. The molecule has 0 saturated carbocycles. The Labute approximate surface area is 172 Å². The van der Waals surface area contributed by atoms with Gasteiger partial charge in [0.1, 0.15) is 0 Å². The smallest absolute Gasteiger partial charge is 0.251 e. The second kappa shape index (κ2) is 11.3. The van der Waals surface area contributed by atoms with Gasteiger partial charge in [0.25, 0.3) is 5.91 Å². The maximum absolute atomic E-state index is 13.0. The summed E-state index contributed by atoms with van der Waals surface area (Å²) in [6, 6.07) is 15.2. The summed E-state index contributed by atoms with van der Waals surface area (Å²) in [5, 5.41) is 6.31. The molecule has 29 heavy (non-hydrogen) atoms. The van der Waals surface area contributed by atoms with E-state index in [1.165, 1.54) is 0 Å². The summed E-state index contributed by atoms with van der Waals surface area (Å²) in [6.45, 7) is 2.97. The molecule has 0 bridgehead atoms. The molecule has 1 atom stereocenters. The molecule has 1 saturated heterocycles. The largest absolute Gasteiger partial charge is 0.352 e. The van der Waals surface area contributed by atoms with Crippen molar-refractivity contribution >= 4 is 11.8 Å². The molecule has 1 aliphatic rings. The molecule has 0 spiro atoms. The molecule has 6 heteroatoms. The molecule has 1 aromatic heterocycles. The molecule has 0 aliphatic carbocycles. The van der Waals surface area contributed by atoms with Crippen molar-refractivity contribution < 1.29 is 9.59 Å². The van der Waals surface area contributed by atoms with Crippen LogP contribution in [0, 0.1) is 0 Å². The minimum atomic E-state index is -0.0989. The Hall–Kier alpha value is -2.73. The summed E-state index contributed by atoms with van der Waals surface area (Å²) in [5.41, 5.74) is 1.55. The predicted octanol–water partition coefficient (Wildman–Crippen LogP) is 2.76. The number of amides is 2. The van der Waals surface area contributed by atoms with Gasteiger partial charge in [-0.2, -0.15) is 0 Å². The first kappa shape index (κ1) is 21.0. The van der Waals surface area contributed by atoms with Gasteiger partial charge in [0, 0.05) is 30.8 Å². The first-order valence-corrected chi connectivity index (χ1v) is 10.5. The SMILES string of the molecule is O=C(NCCCC(=O)N(Cc1ccccn1)C1CCCNCC1)c1ccccc1. The lowest BCUT2D eigenvalue weighted by atomic mass is 10.1. The Kier molecular flexibility index (Phi) is 8.19. The van der Waals surface area contributed by atoms with Gasteiger partial charge in [-0.05, 0) is 63.0 Å².